The highest BCUT2D eigenvalue weighted by molar-refractivity contribution is 6.32. The van der Waals surface area contributed by atoms with Gasteiger partial charge in [-0.25, -0.2) is 9.78 Å². The van der Waals surface area contributed by atoms with Crippen LogP contribution >= 0.6 is 11.6 Å². The number of benzene rings is 2. The van der Waals surface area contributed by atoms with Crippen molar-refractivity contribution in [3.8, 4) is 28.5 Å². The normalized spacial score (nSPS) is 10.9. The van der Waals surface area contributed by atoms with Gasteiger partial charge in [0.1, 0.15) is 22.1 Å². The quantitative estimate of drug-likeness (QED) is 0.374. The molecule has 0 atom stereocenters. The van der Waals surface area contributed by atoms with E-state index in [4.69, 9.17) is 30.5 Å². The first kappa shape index (κ1) is 28.6. The summed E-state index contributed by atoms with van der Waals surface area (Å²) >= 11 is 6.29. The molecule has 0 saturated carbocycles. The number of nitrogens with one attached hydrogen (secondary N) is 2. The predicted octanol–water partition coefficient (Wildman–Crippen LogP) is 5.38. The monoisotopic (exact) mass is 541 g/mol. The van der Waals surface area contributed by atoms with Crippen molar-refractivity contribution >= 4 is 23.6 Å². The average Bonchev–Trinajstić information content (AvgIpc) is 2.89. The molecule has 38 heavy (non-hydrogen) atoms. The Morgan fingerprint density at radius 2 is 1.45 bits per heavy atom. The number of halogens is 1. The van der Waals surface area contributed by atoms with Crippen LogP contribution in [0.1, 0.15) is 42.3 Å². The Morgan fingerprint density at radius 1 is 0.816 bits per heavy atom. The number of carbonyl (C=O) groups is 2. The fraction of sp³-hybridized carbons (Fsp3) is 0.321. The van der Waals surface area contributed by atoms with Crippen LogP contribution in [0.15, 0.2) is 48.7 Å². The van der Waals surface area contributed by atoms with Gasteiger partial charge in [0, 0.05) is 36.5 Å². The summed E-state index contributed by atoms with van der Waals surface area (Å²) in [5.74, 6) is 1.23. The van der Waals surface area contributed by atoms with E-state index in [1.165, 1.54) is 7.11 Å². The summed E-state index contributed by atoms with van der Waals surface area (Å²) in [4.78, 5) is 29.7. The van der Waals surface area contributed by atoms with Crippen LogP contribution in [-0.4, -0.2) is 43.9 Å². The zero-order chi connectivity index (χ0) is 27.9. The topological polar surface area (TPSA) is 108 Å². The van der Waals surface area contributed by atoms with Gasteiger partial charge in [0.25, 0.3) is 5.91 Å². The second-order valence-corrected chi connectivity index (χ2v) is 9.80. The SMILES string of the molecule is COc1cc(CNC(=O)c2cc(CNC(=O)OC(C)(C)C)cc(-c3cnc(OC)c(Cl)c3)c2)cc(OC)c1. The van der Waals surface area contributed by atoms with E-state index < -0.39 is 11.7 Å². The van der Waals surface area contributed by atoms with Gasteiger partial charge in [-0.15, -0.1) is 0 Å². The van der Waals surface area contributed by atoms with E-state index in [1.807, 2.05) is 18.2 Å². The fourth-order valence-electron chi connectivity index (χ4n) is 3.57. The largest absolute Gasteiger partial charge is 0.497 e. The molecule has 3 rings (SSSR count). The highest BCUT2D eigenvalue weighted by Gasteiger charge is 2.17. The number of alkyl carbamates (subject to hydrolysis) is 1. The molecule has 0 spiro atoms. The van der Waals surface area contributed by atoms with Crippen molar-refractivity contribution in [3.05, 3.63) is 70.4 Å². The first-order valence-electron chi connectivity index (χ1n) is 11.8. The molecule has 2 N–H and O–H groups in total. The molecule has 9 nitrogen and oxygen atoms in total. The predicted molar refractivity (Wildman–Crippen MR) is 145 cm³/mol. The van der Waals surface area contributed by atoms with Gasteiger partial charge in [-0.3, -0.25) is 4.79 Å². The highest BCUT2D eigenvalue weighted by atomic mass is 35.5. The number of carbonyl (C=O) groups excluding carboxylic acids is 2. The van der Waals surface area contributed by atoms with E-state index in [0.717, 1.165) is 5.56 Å². The smallest absolute Gasteiger partial charge is 0.407 e. The van der Waals surface area contributed by atoms with Crippen LogP contribution in [0.25, 0.3) is 11.1 Å². The van der Waals surface area contributed by atoms with Gasteiger partial charge in [-0.1, -0.05) is 11.6 Å². The molecule has 1 aromatic heterocycles. The first-order valence-corrected chi connectivity index (χ1v) is 12.2. The molecule has 0 bridgehead atoms. The maximum absolute atomic E-state index is 13.2. The minimum Gasteiger partial charge on any atom is -0.497 e. The lowest BCUT2D eigenvalue weighted by atomic mass is 10.00. The Kier molecular flexibility index (Phi) is 9.41. The van der Waals surface area contributed by atoms with Gasteiger partial charge in [0.05, 0.1) is 21.3 Å². The Morgan fingerprint density at radius 3 is 2.03 bits per heavy atom. The molecule has 10 heteroatoms. The summed E-state index contributed by atoms with van der Waals surface area (Å²) in [6.45, 7) is 5.75. The molecule has 0 radical (unpaired) electrons. The second kappa shape index (κ2) is 12.5. The summed E-state index contributed by atoms with van der Waals surface area (Å²) in [6, 6.07) is 12.4. The molecular weight excluding hydrogens is 510 g/mol. The minimum atomic E-state index is -0.634. The molecule has 0 aliphatic heterocycles. The van der Waals surface area contributed by atoms with Crippen LogP contribution in [0.5, 0.6) is 17.4 Å². The number of ether oxygens (including phenoxy) is 4. The molecule has 0 aliphatic rings. The highest BCUT2D eigenvalue weighted by Crippen LogP contribution is 2.29. The van der Waals surface area contributed by atoms with Gasteiger partial charge >= 0.3 is 6.09 Å². The Labute approximate surface area is 227 Å². The van der Waals surface area contributed by atoms with Crippen LogP contribution < -0.4 is 24.8 Å². The van der Waals surface area contributed by atoms with Crippen LogP contribution in [-0.2, 0) is 17.8 Å². The molecular formula is C28H32ClN3O6. The molecule has 0 aliphatic carbocycles. The maximum atomic E-state index is 13.2. The van der Waals surface area contributed by atoms with Crippen molar-refractivity contribution in [1.82, 2.24) is 15.6 Å². The average molecular weight is 542 g/mol. The van der Waals surface area contributed by atoms with Gasteiger partial charge in [0.2, 0.25) is 5.88 Å². The third-order valence-corrected chi connectivity index (χ3v) is 5.56. The van der Waals surface area contributed by atoms with Crippen LogP contribution in [0.2, 0.25) is 5.02 Å². The molecule has 0 fully saturated rings. The zero-order valence-electron chi connectivity index (χ0n) is 22.3. The van der Waals surface area contributed by atoms with E-state index in [1.54, 1.807) is 65.5 Å². The second-order valence-electron chi connectivity index (χ2n) is 9.39. The Hall–Kier alpha value is -3.98. The van der Waals surface area contributed by atoms with Crippen molar-refractivity contribution < 1.29 is 28.5 Å². The van der Waals surface area contributed by atoms with E-state index in [9.17, 15) is 9.59 Å². The van der Waals surface area contributed by atoms with Crippen molar-refractivity contribution in [2.45, 2.75) is 39.5 Å². The first-order chi connectivity index (χ1) is 18.0. The molecule has 1 heterocycles. The standard InChI is InChI=1S/C28H32ClN3O6/c1-28(2,3)38-27(34)32-15-17-7-19(21-12-24(29)26(37-6)31-16-21)11-20(8-17)25(33)30-14-18-9-22(35-4)13-23(10-18)36-5/h7-13,16H,14-15H2,1-6H3,(H,30,33)(H,32,34). The van der Waals surface area contributed by atoms with Crippen molar-refractivity contribution in [1.29, 1.82) is 0 Å². The van der Waals surface area contributed by atoms with Gasteiger partial charge in [-0.2, -0.15) is 0 Å². The lowest BCUT2D eigenvalue weighted by Gasteiger charge is -2.20. The number of hydrogen-bond acceptors (Lipinski definition) is 7. The number of methoxy groups -OCH3 is 3. The summed E-state index contributed by atoms with van der Waals surface area (Å²) < 4.78 is 21.1. The van der Waals surface area contributed by atoms with Crippen LogP contribution in [0, 0.1) is 0 Å². The molecule has 0 saturated heterocycles. The number of hydrogen-bond donors (Lipinski definition) is 2. The van der Waals surface area contributed by atoms with E-state index >= 15 is 0 Å². The summed E-state index contributed by atoms with van der Waals surface area (Å²) in [5, 5.41) is 5.99. The number of aromatic nitrogens is 1. The lowest BCUT2D eigenvalue weighted by molar-refractivity contribution is 0.0523. The number of pyridine rings is 1. The third-order valence-electron chi connectivity index (χ3n) is 5.29. The van der Waals surface area contributed by atoms with E-state index in [0.29, 0.717) is 44.7 Å². The fourth-order valence-corrected chi connectivity index (χ4v) is 3.81. The summed E-state index contributed by atoms with van der Waals surface area (Å²) in [6.07, 6.45) is 1.05. The molecule has 2 aromatic carbocycles. The molecule has 2 amide bonds. The Balaban J connectivity index is 1.88. The lowest BCUT2D eigenvalue weighted by Crippen LogP contribution is -2.32. The Bertz CT molecular complexity index is 1280. The minimum absolute atomic E-state index is 0.146. The van der Waals surface area contributed by atoms with Crippen molar-refractivity contribution in [2.24, 2.45) is 0 Å². The van der Waals surface area contributed by atoms with E-state index in [-0.39, 0.29) is 19.0 Å². The third kappa shape index (κ3) is 8.01. The molecule has 0 unspecified atom stereocenters. The van der Waals surface area contributed by atoms with E-state index in [2.05, 4.69) is 15.6 Å². The molecule has 202 valence electrons. The van der Waals surface area contributed by atoms with Crippen molar-refractivity contribution in [3.63, 3.8) is 0 Å². The molecule has 3 aromatic rings. The maximum Gasteiger partial charge on any atom is 0.407 e. The van der Waals surface area contributed by atoms with Crippen LogP contribution in [0.3, 0.4) is 0 Å². The van der Waals surface area contributed by atoms with Crippen molar-refractivity contribution in [2.75, 3.05) is 21.3 Å². The van der Waals surface area contributed by atoms with Crippen LogP contribution in [0.4, 0.5) is 4.79 Å². The number of nitrogens with zero attached hydrogens (tertiary/aromatic N) is 1. The van der Waals surface area contributed by atoms with Gasteiger partial charge in [-0.05, 0) is 73.9 Å². The van der Waals surface area contributed by atoms with Gasteiger partial charge in [0.15, 0.2) is 0 Å². The number of amides is 2. The summed E-state index contributed by atoms with van der Waals surface area (Å²) in [5.41, 5.74) is 2.63. The summed E-state index contributed by atoms with van der Waals surface area (Å²) in [7, 11) is 4.61. The zero-order valence-corrected chi connectivity index (χ0v) is 23.1. The van der Waals surface area contributed by atoms with Gasteiger partial charge < -0.3 is 29.6 Å². The number of rotatable bonds is 9.